The fourth-order valence-corrected chi connectivity index (χ4v) is 2.94. The molecular weight excluding hydrogens is 284 g/mol. The van der Waals surface area contributed by atoms with E-state index in [-0.39, 0.29) is 12.5 Å². The minimum Gasteiger partial charge on any atom is -0.395 e. The molecule has 0 aliphatic carbocycles. The fraction of sp³-hybridized carbons (Fsp3) is 0.615. The smallest absolute Gasteiger partial charge is 0.236 e. The van der Waals surface area contributed by atoms with Gasteiger partial charge in [0, 0.05) is 18.5 Å². The maximum absolute atomic E-state index is 12.1. The molecule has 0 aromatic carbocycles. The van der Waals surface area contributed by atoms with Gasteiger partial charge in [-0.3, -0.25) is 9.69 Å². The minimum absolute atomic E-state index is 0.0615. The first-order chi connectivity index (χ1) is 9.06. The van der Waals surface area contributed by atoms with Crippen molar-refractivity contribution in [1.29, 1.82) is 0 Å². The predicted molar refractivity (Wildman–Crippen MR) is 79.6 cm³/mol. The number of nitrogens with zero attached hydrogens (tertiary/aromatic N) is 2. The molecule has 108 valence electrons. The third-order valence-corrected chi connectivity index (χ3v) is 3.98. The lowest BCUT2D eigenvalue weighted by Crippen LogP contribution is -2.39. The van der Waals surface area contributed by atoms with E-state index in [0.717, 1.165) is 22.2 Å². The van der Waals surface area contributed by atoms with Crippen molar-refractivity contribution in [2.75, 3.05) is 33.3 Å². The van der Waals surface area contributed by atoms with E-state index in [9.17, 15) is 4.79 Å². The average molecular weight is 305 g/mol. The lowest BCUT2D eigenvalue weighted by molar-refractivity contribution is -0.131. The molecule has 1 amide bonds. The van der Waals surface area contributed by atoms with Gasteiger partial charge in [-0.05, 0) is 25.1 Å². The van der Waals surface area contributed by atoms with Crippen molar-refractivity contribution >= 4 is 28.8 Å². The van der Waals surface area contributed by atoms with Crippen LogP contribution in [0.2, 0.25) is 4.34 Å². The Bertz CT molecular complexity index is 392. The van der Waals surface area contributed by atoms with Gasteiger partial charge in [-0.25, -0.2) is 0 Å². The van der Waals surface area contributed by atoms with Crippen molar-refractivity contribution in [2.24, 2.45) is 0 Å². The highest BCUT2D eigenvalue weighted by molar-refractivity contribution is 7.16. The van der Waals surface area contributed by atoms with Gasteiger partial charge < -0.3 is 10.0 Å². The number of halogens is 1. The number of aliphatic hydroxyl groups excluding tert-OH is 1. The van der Waals surface area contributed by atoms with E-state index < -0.39 is 0 Å². The van der Waals surface area contributed by atoms with Crippen LogP contribution in [0.25, 0.3) is 0 Å². The van der Waals surface area contributed by atoms with Gasteiger partial charge in [-0.2, -0.15) is 0 Å². The number of thiophene rings is 1. The molecule has 1 aromatic rings. The average Bonchev–Trinajstić information content (AvgIpc) is 2.75. The van der Waals surface area contributed by atoms with Crippen LogP contribution in [0.3, 0.4) is 0 Å². The molecule has 0 atom stereocenters. The molecule has 0 aliphatic heterocycles. The Hall–Kier alpha value is -0.620. The first-order valence-electron chi connectivity index (χ1n) is 6.38. The summed E-state index contributed by atoms with van der Waals surface area (Å²) in [5, 5.41) is 8.97. The summed E-state index contributed by atoms with van der Waals surface area (Å²) in [4.78, 5) is 16.8. The minimum atomic E-state index is 0.0615. The lowest BCUT2D eigenvalue weighted by atomic mass is 10.3. The van der Waals surface area contributed by atoms with Crippen LogP contribution in [-0.4, -0.2) is 54.1 Å². The summed E-state index contributed by atoms with van der Waals surface area (Å²) in [7, 11) is 1.79. The Morgan fingerprint density at radius 1 is 1.42 bits per heavy atom. The van der Waals surface area contributed by atoms with E-state index in [1.165, 1.54) is 11.3 Å². The Morgan fingerprint density at radius 2 is 2.16 bits per heavy atom. The Balaban J connectivity index is 2.46. The van der Waals surface area contributed by atoms with E-state index in [1.807, 2.05) is 17.0 Å². The van der Waals surface area contributed by atoms with Gasteiger partial charge in [0.1, 0.15) is 0 Å². The molecular formula is C13H21ClN2O2S. The molecule has 4 nitrogen and oxygen atoms in total. The molecule has 0 unspecified atom stereocenters. The lowest BCUT2D eigenvalue weighted by Gasteiger charge is -2.23. The molecule has 1 aromatic heterocycles. The number of aliphatic hydroxyl groups is 1. The summed E-state index contributed by atoms with van der Waals surface area (Å²) in [6.45, 7) is 4.44. The van der Waals surface area contributed by atoms with Crippen molar-refractivity contribution < 1.29 is 9.90 Å². The van der Waals surface area contributed by atoms with E-state index >= 15 is 0 Å². The standard InChI is InChI=1S/C13H21ClN2O2S/c1-3-6-16(7-8-17)10-13(18)15(2)9-11-4-5-12(14)19-11/h4-5,17H,3,6-10H2,1-2H3. The van der Waals surface area contributed by atoms with Gasteiger partial charge in [0.05, 0.1) is 24.0 Å². The van der Waals surface area contributed by atoms with Crippen molar-refractivity contribution in [3.8, 4) is 0 Å². The topological polar surface area (TPSA) is 43.8 Å². The van der Waals surface area contributed by atoms with Crippen molar-refractivity contribution in [3.63, 3.8) is 0 Å². The summed E-state index contributed by atoms with van der Waals surface area (Å²) in [6.07, 6.45) is 0.970. The Labute approximate surface area is 123 Å². The summed E-state index contributed by atoms with van der Waals surface area (Å²) in [5.41, 5.74) is 0. The highest BCUT2D eigenvalue weighted by Crippen LogP contribution is 2.22. The maximum Gasteiger partial charge on any atom is 0.236 e. The molecule has 1 rings (SSSR count). The maximum atomic E-state index is 12.1. The predicted octanol–water partition coefficient (Wildman–Crippen LogP) is 2.06. The SMILES string of the molecule is CCCN(CCO)CC(=O)N(C)Cc1ccc(Cl)s1. The zero-order valence-corrected chi connectivity index (χ0v) is 13.0. The molecule has 0 radical (unpaired) electrons. The molecule has 6 heteroatoms. The van der Waals surface area contributed by atoms with Crippen molar-refractivity contribution in [1.82, 2.24) is 9.80 Å². The van der Waals surface area contributed by atoms with Crippen LogP contribution in [0.15, 0.2) is 12.1 Å². The van der Waals surface area contributed by atoms with Crippen LogP contribution in [0, 0.1) is 0 Å². The first-order valence-corrected chi connectivity index (χ1v) is 7.57. The largest absolute Gasteiger partial charge is 0.395 e. The molecule has 0 bridgehead atoms. The number of rotatable bonds is 8. The number of hydrogen-bond donors (Lipinski definition) is 1. The third-order valence-electron chi connectivity index (χ3n) is 2.76. The van der Waals surface area contributed by atoms with Crippen LogP contribution in [0.5, 0.6) is 0 Å². The quantitative estimate of drug-likeness (QED) is 0.799. The van der Waals surface area contributed by atoms with E-state index in [1.54, 1.807) is 11.9 Å². The second-order valence-corrected chi connectivity index (χ2v) is 6.26. The summed E-state index contributed by atoms with van der Waals surface area (Å²) in [6, 6.07) is 3.78. The van der Waals surface area contributed by atoms with Gasteiger partial charge in [0.2, 0.25) is 5.91 Å². The van der Waals surface area contributed by atoms with Gasteiger partial charge in [0.15, 0.2) is 0 Å². The van der Waals surface area contributed by atoms with Crippen LogP contribution in [0.4, 0.5) is 0 Å². The molecule has 19 heavy (non-hydrogen) atoms. The normalized spacial score (nSPS) is 11.0. The van der Waals surface area contributed by atoms with Gasteiger partial charge in [-0.1, -0.05) is 18.5 Å². The highest BCUT2D eigenvalue weighted by Gasteiger charge is 2.14. The number of likely N-dealkylation sites (N-methyl/N-ethyl adjacent to an activating group) is 1. The van der Waals surface area contributed by atoms with E-state index in [4.69, 9.17) is 16.7 Å². The summed E-state index contributed by atoms with van der Waals surface area (Å²) < 4.78 is 0.740. The van der Waals surface area contributed by atoms with E-state index in [2.05, 4.69) is 6.92 Å². The van der Waals surface area contributed by atoms with Gasteiger partial charge >= 0.3 is 0 Å². The van der Waals surface area contributed by atoms with Crippen LogP contribution in [-0.2, 0) is 11.3 Å². The van der Waals surface area contributed by atoms with Crippen molar-refractivity contribution in [2.45, 2.75) is 19.9 Å². The Morgan fingerprint density at radius 3 is 2.68 bits per heavy atom. The highest BCUT2D eigenvalue weighted by atomic mass is 35.5. The van der Waals surface area contributed by atoms with Crippen LogP contribution < -0.4 is 0 Å². The number of hydrogen-bond acceptors (Lipinski definition) is 4. The molecule has 1 N–H and O–H groups in total. The second kappa shape index (κ2) is 8.53. The first kappa shape index (κ1) is 16.4. The third kappa shape index (κ3) is 5.91. The number of carbonyl (C=O) groups is 1. The van der Waals surface area contributed by atoms with Gasteiger partial charge in [-0.15, -0.1) is 11.3 Å². The molecule has 0 saturated heterocycles. The monoisotopic (exact) mass is 304 g/mol. The molecule has 0 spiro atoms. The zero-order valence-electron chi connectivity index (χ0n) is 11.4. The molecule has 0 aliphatic rings. The summed E-state index contributed by atoms with van der Waals surface area (Å²) >= 11 is 7.36. The van der Waals surface area contributed by atoms with Gasteiger partial charge in [0.25, 0.3) is 0 Å². The Kier molecular flexibility index (Phi) is 7.38. The number of amides is 1. The molecule has 0 fully saturated rings. The van der Waals surface area contributed by atoms with Crippen LogP contribution >= 0.6 is 22.9 Å². The zero-order chi connectivity index (χ0) is 14.3. The van der Waals surface area contributed by atoms with Crippen molar-refractivity contribution in [3.05, 3.63) is 21.3 Å². The summed E-state index contributed by atoms with van der Waals surface area (Å²) in [5.74, 6) is 0.0615. The molecule has 1 heterocycles. The fourth-order valence-electron chi connectivity index (χ4n) is 1.80. The second-order valence-electron chi connectivity index (χ2n) is 4.46. The van der Waals surface area contributed by atoms with E-state index in [0.29, 0.717) is 19.6 Å². The van der Waals surface area contributed by atoms with Crippen LogP contribution in [0.1, 0.15) is 18.2 Å². The number of carbonyl (C=O) groups excluding carboxylic acids is 1. The molecule has 0 saturated carbocycles.